The monoisotopic (exact) mass is 909 g/mol. The highest BCUT2D eigenvalue weighted by Gasteiger charge is 2.19. The normalized spacial score (nSPS) is 12.5. The second kappa shape index (κ2) is 53.7. The van der Waals surface area contributed by atoms with Gasteiger partial charge in [-0.15, -0.1) is 0 Å². The van der Waals surface area contributed by atoms with Crippen molar-refractivity contribution in [3.05, 3.63) is 60.8 Å². The van der Waals surface area contributed by atoms with Crippen molar-refractivity contribution in [3.8, 4) is 0 Å². The van der Waals surface area contributed by atoms with Gasteiger partial charge in [0, 0.05) is 19.3 Å². The molecule has 0 fully saturated rings. The molecule has 6 nitrogen and oxygen atoms in total. The Kier molecular flexibility index (Phi) is 51.3. The largest absolute Gasteiger partial charge is 0.462 e. The van der Waals surface area contributed by atoms with Crippen molar-refractivity contribution in [2.75, 3.05) is 13.2 Å². The molecule has 6 heteroatoms. The first-order chi connectivity index (χ1) is 32.0. The number of ether oxygens (including phenoxy) is 3. The molecule has 0 N–H and O–H groups in total. The average molecular weight is 909 g/mol. The van der Waals surface area contributed by atoms with Crippen LogP contribution in [0.2, 0.25) is 0 Å². The average Bonchev–Trinajstić information content (AvgIpc) is 3.30. The second-order valence-corrected chi connectivity index (χ2v) is 18.6. The number of unbranched alkanes of at least 4 members (excludes halogenated alkanes) is 32. The zero-order valence-electron chi connectivity index (χ0n) is 43.0. The molecular formula is C59H104O6. The molecule has 0 spiro atoms. The van der Waals surface area contributed by atoms with Gasteiger partial charge >= 0.3 is 17.9 Å². The van der Waals surface area contributed by atoms with Crippen molar-refractivity contribution in [2.45, 2.75) is 284 Å². The van der Waals surface area contributed by atoms with Gasteiger partial charge < -0.3 is 14.2 Å². The fourth-order valence-electron chi connectivity index (χ4n) is 7.92. The fraction of sp³-hybridized carbons (Fsp3) is 0.780. The standard InChI is InChI=1S/C59H104O6/c1-4-7-10-13-16-19-22-25-28-29-30-32-34-37-40-43-46-49-52-58(61)64-55-56(54-63-57(60)51-48-45-42-39-36-33-27-24-21-18-15-12-9-6-3)65-59(62)53-50-47-44-41-38-35-31-26-23-20-17-14-11-8-5-2/h8,11,14,17,20,23,26,30-32,56H,4-7,9-10,12-13,15-16,18-19,21-22,24-25,27-29,33-55H2,1-3H3/b11-8-,17-14-,23-20-,31-26-,32-30-. The van der Waals surface area contributed by atoms with Gasteiger partial charge in [-0.05, 0) is 64.2 Å². The number of esters is 3. The third kappa shape index (κ3) is 51.9. The van der Waals surface area contributed by atoms with Crippen molar-refractivity contribution in [2.24, 2.45) is 0 Å². The van der Waals surface area contributed by atoms with E-state index in [0.29, 0.717) is 19.3 Å². The molecule has 0 aromatic heterocycles. The molecule has 0 aromatic carbocycles. The summed E-state index contributed by atoms with van der Waals surface area (Å²) in [7, 11) is 0. The van der Waals surface area contributed by atoms with E-state index in [4.69, 9.17) is 14.2 Å². The lowest BCUT2D eigenvalue weighted by Crippen LogP contribution is -2.30. The number of rotatable bonds is 50. The Morgan fingerprint density at radius 1 is 0.323 bits per heavy atom. The molecule has 0 rings (SSSR count). The Hall–Kier alpha value is -2.89. The van der Waals surface area contributed by atoms with E-state index in [2.05, 4.69) is 63.3 Å². The summed E-state index contributed by atoms with van der Waals surface area (Å²) in [6.45, 7) is 6.50. The van der Waals surface area contributed by atoms with Crippen LogP contribution in [0.5, 0.6) is 0 Å². The van der Waals surface area contributed by atoms with Crippen molar-refractivity contribution >= 4 is 17.9 Å². The van der Waals surface area contributed by atoms with Crippen LogP contribution in [0.3, 0.4) is 0 Å². The van der Waals surface area contributed by atoms with Crippen LogP contribution in [0.15, 0.2) is 60.8 Å². The summed E-state index contributed by atoms with van der Waals surface area (Å²) in [5.74, 6) is -0.906. The van der Waals surface area contributed by atoms with Crippen LogP contribution in [0.25, 0.3) is 0 Å². The van der Waals surface area contributed by atoms with E-state index in [9.17, 15) is 14.4 Å². The summed E-state index contributed by atoms with van der Waals surface area (Å²) >= 11 is 0. The number of carbonyl (C=O) groups is 3. The number of carbonyl (C=O) groups excluding carboxylic acids is 3. The number of hydrogen-bond acceptors (Lipinski definition) is 6. The topological polar surface area (TPSA) is 78.9 Å². The lowest BCUT2D eigenvalue weighted by Gasteiger charge is -2.18. The van der Waals surface area contributed by atoms with Crippen LogP contribution in [0.1, 0.15) is 278 Å². The molecule has 0 saturated carbocycles. The molecule has 0 bridgehead atoms. The molecule has 0 amide bonds. The maximum absolute atomic E-state index is 12.8. The predicted octanol–water partition coefficient (Wildman–Crippen LogP) is 18.4. The van der Waals surface area contributed by atoms with E-state index in [-0.39, 0.29) is 31.1 Å². The maximum atomic E-state index is 12.8. The second-order valence-electron chi connectivity index (χ2n) is 18.6. The number of hydrogen-bond donors (Lipinski definition) is 0. The number of allylic oxidation sites excluding steroid dienone is 10. The Labute approximate surface area is 402 Å². The zero-order valence-corrected chi connectivity index (χ0v) is 43.0. The van der Waals surface area contributed by atoms with Gasteiger partial charge in [0.1, 0.15) is 13.2 Å². The van der Waals surface area contributed by atoms with E-state index in [1.807, 2.05) is 18.2 Å². The third-order valence-electron chi connectivity index (χ3n) is 12.1. The molecule has 0 aromatic rings. The highest BCUT2D eigenvalue weighted by Crippen LogP contribution is 2.16. The van der Waals surface area contributed by atoms with Gasteiger partial charge in [0.05, 0.1) is 0 Å². The van der Waals surface area contributed by atoms with Crippen molar-refractivity contribution in [1.82, 2.24) is 0 Å². The van der Waals surface area contributed by atoms with E-state index in [1.165, 1.54) is 148 Å². The van der Waals surface area contributed by atoms with Gasteiger partial charge in [-0.2, -0.15) is 0 Å². The highest BCUT2D eigenvalue weighted by atomic mass is 16.6. The first kappa shape index (κ1) is 62.1. The Bertz CT molecular complexity index is 1180. The van der Waals surface area contributed by atoms with Crippen LogP contribution in [0.4, 0.5) is 0 Å². The summed E-state index contributed by atoms with van der Waals surface area (Å²) in [5, 5.41) is 0. The van der Waals surface area contributed by atoms with Crippen LogP contribution in [-0.2, 0) is 28.6 Å². The first-order valence-corrected chi connectivity index (χ1v) is 27.8. The first-order valence-electron chi connectivity index (χ1n) is 27.8. The van der Waals surface area contributed by atoms with Gasteiger partial charge in [-0.25, -0.2) is 0 Å². The summed E-state index contributed by atoms with van der Waals surface area (Å²) in [4.78, 5) is 38.1. The van der Waals surface area contributed by atoms with E-state index in [1.54, 1.807) is 0 Å². The van der Waals surface area contributed by atoms with Crippen LogP contribution in [-0.4, -0.2) is 37.2 Å². The van der Waals surface area contributed by atoms with Gasteiger partial charge in [0.25, 0.3) is 0 Å². The molecule has 0 aliphatic rings. The molecule has 0 aliphatic heterocycles. The summed E-state index contributed by atoms with van der Waals surface area (Å²) < 4.78 is 16.8. The minimum Gasteiger partial charge on any atom is -0.462 e. The van der Waals surface area contributed by atoms with Crippen LogP contribution in [0, 0.1) is 0 Å². The minimum atomic E-state index is -0.788. The molecule has 0 radical (unpaired) electrons. The van der Waals surface area contributed by atoms with E-state index >= 15 is 0 Å². The van der Waals surface area contributed by atoms with Gasteiger partial charge in [0.2, 0.25) is 0 Å². The van der Waals surface area contributed by atoms with Crippen LogP contribution < -0.4 is 0 Å². The minimum absolute atomic E-state index is 0.0843. The molecule has 1 unspecified atom stereocenters. The molecule has 0 aliphatic carbocycles. The molecule has 0 saturated heterocycles. The Morgan fingerprint density at radius 3 is 0.985 bits per heavy atom. The SMILES string of the molecule is CC\C=C/C=C\C=C/C=C\CCCCCCCC(=O)OC(COC(=O)CCCCCCC/C=C\CCCCCCCCCCC)COC(=O)CCCCCCCCCCCCCCCC. The Morgan fingerprint density at radius 2 is 0.615 bits per heavy atom. The lowest BCUT2D eigenvalue weighted by molar-refractivity contribution is -0.167. The predicted molar refractivity (Wildman–Crippen MR) is 279 cm³/mol. The van der Waals surface area contributed by atoms with E-state index in [0.717, 1.165) is 89.9 Å². The molecule has 1 atom stereocenters. The molecule has 65 heavy (non-hydrogen) atoms. The zero-order chi connectivity index (χ0) is 47.2. The quantitative estimate of drug-likeness (QED) is 0.0199. The summed E-state index contributed by atoms with van der Waals surface area (Å²) in [5.41, 5.74) is 0. The summed E-state index contributed by atoms with van der Waals surface area (Å²) in [6, 6.07) is 0. The highest BCUT2D eigenvalue weighted by molar-refractivity contribution is 5.71. The van der Waals surface area contributed by atoms with Gasteiger partial charge in [-0.1, -0.05) is 255 Å². The molecule has 376 valence electrons. The fourth-order valence-corrected chi connectivity index (χ4v) is 7.92. The smallest absolute Gasteiger partial charge is 0.306 e. The lowest BCUT2D eigenvalue weighted by atomic mass is 10.0. The van der Waals surface area contributed by atoms with Crippen molar-refractivity contribution in [1.29, 1.82) is 0 Å². The van der Waals surface area contributed by atoms with Gasteiger partial charge in [-0.3, -0.25) is 14.4 Å². The third-order valence-corrected chi connectivity index (χ3v) is 12.1. The summed E-state index contributed by atoms with van der Waals surface area (Å²) in [6.07, 6.45) is 66.3. The molecular weight excluding hydrogens is 805 g/mol. The van der Waals surface area contributed by atoms with Crippen molar-refractivity contribution in [3.63, 3.8) is 0 Å². The van der Waals surface area contributed by atoms with E-state index < -0.39 is 6.10 Å². The maximum Gasteiger partial charge on any atom is 0.306 e. The molecule has 0 heterocycles. The van der Waals surface area contributed by atoms with Crippen molar-refractivity contribution < 1.29 is 28.6 Å². The Balaban J connectivity index is 4.40. The van der Waals surface area contributed by atoms with Gasteiger partial charge in [0.15, 0.2) is 6.10 Å². The van der Waals surface area contributed by atoms with Crippen LogP contribution >= 0.6 is 0 Å².